The maximum absolute atomic E-state index is 4.53. The quantitative estimate of drug-likeness (QED) is 0.593. The van der Waals surface area contributed by atoms with Crippen LogP contribution < -0.4 is 10.6 Å². The number of anilines is 2. The molecule has 0 amide bonds. The third-order valence-electron chi connectivity index (χ3n) is 4.12. The van der Waals surface area contributed by atoms with E-state index >= 15 is 0 Å². The Morgan fingerprint density at radius 3 is 2.37 bits per heavy atom. The second-order valence-corrected chi connectivity index (χ2v) is 6.37. The van der Waals surface area contributed by atoms with Gasteiger partial charge in [-0.15, -0.1) is 0 Å². The van der Waals surface area contributed by atoms with Gasteiger partial charge < -0.3 is 10.6 Å². The van der Waals surface area contributed by atoms with Crippen LogP contribution in [0.3, 0.4) is 0 Å². The van der Waals surface area contributed by atoms with Gasteiger partial charge in [0.2, 0.25) is 0 Å². The lowest BCUT2D eigenvalue weighted by atomic mass is 9.98. The van der Waals surface area contributed by atoms with Crippen molar-refractivity contribution in [2.75, 3.05) is 30.5 Å². The Hall–Kier alpha value is -0.970. The summed E-state index contributed by atoms with van der Waals surface area (Å²) in [5.74, 6) is 4.66. The van der Waals surface area contributed by atoms with Crippen molar-refractivity contribution >= 4 is 23.4 Å². The van der Waals surface area contributed by atoms with E-state index in [0.717, 1.165) is 41.1 Å². The SMILES string of the molecule is CNc1cc(NCC(C2CC2)C2CC2)nc(SC)n1. The van der Waals surface area contributed by atoms with Crippen molar-refractivity contribution in [3.63, 3.8) is 0 Å². The summed E-state index contributed by atoms with van der Waals surface area (Å²) >= 11 is 1.58. The largest absolute Gasteiger partial charge is 0.373 e. The molecule has 0 unspecified atom stereocenters. The first-order chi connectivity index (χ1) is 9.30. The van der Waals surface area contributed by atoms with Gasteiger partial charge in [0.25, 0.3) is 0 Å². The molecule has 1 heterocycles. The monoisotopic (exact) mass is 278 g/mol. The highest BCUT2D eigenvalue weighted by atomic mass is 32.2. The molecule has 0 radical (unpaired) electrons. The Balaban J connectivity index is 1.64. The second kappa shape index (κ2) is 5.57. The summed E-state index contributed by atoms with van der Waals surface area (Å²) in [5, 5.41) is 7.45. The molecule has 0 spiro atoms. The van der Waals surface area contributed by atoms with E-state index in [1.807, 2.05) is 19.4 Å². The maximum Gasteiger partial charge on any atom is 0.191 e. The summed E-state index contributed by atoms with van der Waals surface area (Å²) in [4.78, 5) is 8.93. The summed E-state index contributed by atoms with van der Waals surface area (Å²) in [6, 6.07) is 2.00. The predicted molar refractivity (Wildman–Crippen MR) is 80.8 cm³/mol. The van der Waals surface area contributed by atoms with Crippen molar-refractivity contribution in [1.82, 2.24) is 9.97 Å². The molecule has 0 aliphatic heterocycles. The van der Waals surface area contributed by atoms with Crippen LogP contribution in [0, 0.1) is 17.8 Å². The number of hydrogen-bond acceptors (Lipinski definition) is 5. The zero-order valence-corrected chi connectivity index (χ0v) is 12.5. The van der Waals surface area contributed by atoms with E-state index < -0.39 is 0 Å². The van der Waals surface area contributed by atoms with Gasteiger partial charge in [0.1, 0.15) is 11.6 Å². The molecule has 19 heavy (non-hydrogen) atoms. The second-order valence-electron chi connectivity index (χ2n) is 5.59. The van der Waals surface area contributed by atoms with Crippen LogP contribution in [0.5, 0.6) is 0 Å². The van der Waals surface area contributed by atoms with Crippen LogP contribution in [0.15, 0.2) is 11.2 Å². The van der Waals surface area contributed by atoms with Gasteiger partial charge in [-0.05, 0) is 49.7 Å². The lowest BCUT2D eigenvalue weighted by Crippen LogP contribution is -2.19. The van der Waals surface area contributed by atoms with Gasteiger partial charge in [-0.1, -0.05) is 11.8 Å². The fourth-order valence-corrected chi connectivity index (χ4v) is 3.10. The molecule has 2 saturated carbocycles. The molecule has 1 aromatic heterocycles. The van der Waals surface area contributed by atoms with Crippen molar-refractivity contribution in [3.05, 3.63) is 6.07 Å². The Bertz CT molecular complexity index is 409. The minimum Gasteiger partial charge on any atom is -0.373 e. The molecular formula is C14H22N4S. The summed E-state index contributed by atoms with van der Waals surface area (Å²) < 4.78 is 0. The van der Waals surface area contributed by atoms with Gasteiger partial charge in [0.05, 0.1) is 0 Å². The van der Waals surface area contributed by atoms with Crippen molar-refractivity contribution < 1.29 is 0 Å². The van der Waals surface area contributed by atoms with Crippen LogP contribution >= 0.6 is 11.8 Å². The van der Waals surface area contributed by atoms with Gasteiger partial charge in [0, 0.05) is 19.7 Å². The average molecular weight is 278 g/mol. The van der Waals surface area contributed by atoms with Gasteiger partial charge in [-0.3, -0.25) is 0 Å². The highest BCUT2D eigenvalue weighted by molar-refractivity contribution is 7.98. The standard InChI is InChI=1S/C14H22N4S/c1-15-12-7-13(18-14(17-12)19-2)16-8-11(9-3-4-9)10-5-6-10/h7,9-11H,3-6,8H2,1-2H3,(H2,15,16,17,18). The highest BCUT2D eigenvalue weighted by Gasteiger charge is 2.41. The van der Waals surface area contributed by atoms with Crippen LogP contribution in [-0.4, -0.2) is 29.8 Å². The average Bonchev–Trinajstić information content (AvgIpc) is 3.30. The lowest BCUT2D eigenvalue weighted by Gasteiger charge is -2.17. The summed E-state index contributed by atoms with van der Waals surface area (Å²) in [6.07, 6.45) is 7.75. The molecule has 2 fully saturated rings. The minimum atomic E-state index is 0.823. The fraction of sp³-hybridized carbons (Fsp3) is 0.714. The van der Waals surface area contributed by atoms with Crippen LogP contribution in [-0.2, 0) is 0 Å². The van der Waals surface area contributed by atoms with Gasteiger partial charge in [0.15, 0.2) is 5.16 Å². The Labute approximate surface area is 119 Å². The molecule has 104 valence electrons. The van der Waals surface area contributed by atoms with Gasteiger partial charge in [-0.2, -0.15) is 0 Å². The summed E-state index contributed by atoms with van der Waals surface area (Å²) in [5.41, 5.74) is 0. The number of rotatable bonds is 7. The molecule has 0 aromatic carbocycles. The molecule has 0 atom stereocenters. The third kappa shape index (κ3) is 3.32. The van der Waals surface area contributed by atoms with Gasteiger partial charge in [-0.25, -0.2) is 9.97 Å². The molecule has 2 aliphatic rings. The molecule has 1 aromatic rings. The normalized spacial score (nSPS) is 18.7. The predicted octanol–water partition coefficient (Wildman–Crippen LogP) is 3.09. The first kappa shape index (κ1) is 13.0. The molecule has 3 rings (SSSR count). The molecule has 0 saturated heterocycles. The Morgan fingerprint density at radius 2 is 1.84 bits per heavy atom. The first-order valence-electron chi connectivity index (χ1n) is 7.15. The molecular weight excluding hydrogens is 256 g/mol. The highest BCUT2D eigenvalue weighted by Crippen LogP contribution is 2.49. The van der Waals surface area contributed by atoms with Crippen LogP contribution in [0.2, 0.25) is 0 Å². The van der Waals surface area contributed by atoms with Crippen LogP contribution in [0.4, 0.5) is 11.6 Å². The molecule has 5 heteroatoms. The van der Waals surface area contributed by atoms with E-state index in [2.05, 4.69) is 20.6 Å². The Morgan fingerprint density at radius 1 is 1.21 bits per heavy atom. The van der Waals surface area contributed by atoms with Crippen LogP contribution in [0.1, 0.15) is 25.7 Å². The molecule has 2 aliphatic carbocycles. The number of nitrogens with one attached hydrogen (secondary N) is 2. The van der Waals surface area contributed by atoms with Gasteiger partial charge >= 0.3 is 0 Å². The third-order valence-corrected chi connectivity index (χ3v) is 4.67. The zero-order valence-electron chi connectivity index (χ0n) is 11.6. The first-order valence-corrected chi connectivity index (χ1v) is 8.37. The maximum atomic E-state index is 4.53. The topological polar surface area (TPSA) is 49.8 Å². The van der Waals surface area contributed by atoms with E-state index in [4.69, 9.17) is 0 Å². The number of thioether (sulfide) groups is 1. The number of hydrogen-bond donors (Lipinski definition) is 2. The van der Waals surface area contributed by atoms with E-state index in [-0.39, 0.29) is 0 Å². The molecule has 2 N–H and O–H groups in total. The summed E-state index contributed by atoms with van der Waals surface area (Å²) in [6.45, 7) is 1.07. The Kier molecular flexibility index (Phi) is 3.82. The van der Waals surface area contributed by atoms with Crippen molar-refractivity contribution in [3.8, 4) is 0 Å². The van der Waals surface area contributed by atoms with Crippen LogP contribution in [0.25, 0.3) is 0 Å². The van der Waals surface area contributed by atoms with E-state index in [1.165, 1.54) is 25.7 Å². The van der Waals surface area contributed by atoms with E-state index in [0.29, 0.717) is 0 Å². The molecule has 0 bridgehead atoms. The molecule has 4 nitrogen and oxygen atoms in total. The number of aromatic nitrogens is 2. The smallest absolute Gasteiger partial charge is 0.191 e. The lowest BCUT2D eigenvalue weighted by molar-refractivity contribution is 0.427. The fourth-order valence-electron chi connectivity index (χ4n) is 2.72. The minimum absolute atomic E-state index is 0.823. The zero-order chi connectivity index (χ0) is 13.2. The van der Waals surface area contributed by atoms with Crippen molar-refractivity contribution in [2.45, 2.75) is 30.8 Å². The van der Waals surface area contributed by atoms with E-state index in [1.54, 1.807) is 11.8 Å². The number of nitrogens with zero attached hydrogens (tertiary/aromatic N) is 2. The van der Waals surface area contributed by atoms with Crippen molar-refractivity contribution in [1.29, 1.82) is 0 Å². The van der Waals surface area contributed by atoms with E-state index in [9.17, 15) is 0 Å². The summed E-state index contributed by atoms with van der Waals surface area (Å²) in [7, 11) is 1.90. The van der Waals surface area contributed by atoms with Crippen molar-refractivity contribution in [2.24, 2.45) is 17.8 Å².